The minimum absolute atomic E-state index is 0.291. The summed E-state index contributed by atoms with van der Waals surface area (Å²) in [5.41, 5.74) is 5.53. The SMILES string of the molecule is Cc1ccc(C(=O)OC2(C)c3ccccc3CCc3ccccc32)c2ccccc12. The molecule has 0 unspecified atom stereocenters. The maximum atomic E-state index is 13.6. The highest BCUT2D eigenvalue weighted by Crippen LogP contribution is 2.41. The van der Waals surface area contributed by atoms with E-state index in [0.29, 0.717) is 5.56 Å². The van der Waals surface area contributed by atoms with Crippen molar-refractivity contribution in [1.82, 2.24) is 0 Å². The Bertz CT molecular complexity index is 1220. The molecule has 0 aromatic heterocycles. The average molecular weight is 392 g/mol. The quantitative estimate of drug-likeness (QED) is 0.371. The lowest BCUT2D eigenvalue weighted by Crippen LogP contribution is -2.32. The Morgan fingerprint density at radius 2 is 1.27 bits per heavy atom. The molecular weight excluding hydrogens is 368 g/mol. The molecule has 0 spiro atoms. The van der Waals surface area contributed by atoms with Gasteiger partial charge in [-0.1, -0.05) is 78.9 Å². The molecule has 0 N–H and O–H groups in total. The van der Waals surface area contributed by atoms with Crippen molar-refractivity contribution < 1.29 is 9.53 Å². The first-order chi connectivity index (χ1) is 14.6. The normalized spacial score (nSPS) is 14.5. The van der Waals surface area contributed by atoms with Crippen LogP contribution in [0.25, 0.3) is 10.8 Å². The summed E-state index contributed by atoms with van der Waals surface area (Å²) in [5, 5.41) is 2.01. The first-order valence-electron chi connectivity index (χ1n) is 10.5. The molecule has 0 fully saturated rings. The van der Waals surface area contributed by atoms with Gasteiger partial charge in [0.15, 0.2) is 5.60 Å². The third-order valence-electron chi connectivity index (χ3n) is 6.39. The second-order valence-electron chi connectivity index (χ2n) is 8.21. The number of aryl methyl sites for hydroxylation is 3. The van der Waals surface area contributed by atoms with Crippen LogP contribution < -0.4 is 0 Å². The summed E-state index contributed by atoms with van der Waals surface area (Å²) in [6.07, 6.45) is 1.88. The Kier molecular flexibility index (Phi) is 4.43. The van der Waals surface area contributed by atoms with Crippen LogP contribution in [-0.2, 0) is 23.2 Å². The molecule has 148 valence electrons. The molecular formula is C28H24O2. The summed E-state index contributed by atoms with van der Waals surface area (Å²) in [4.78, 5) is 13.6. The molecule has 0 bridgehead atoms. The Balaban J connectivity index is 1.66. The number of rotatable bonds is 2. The van der Waals surface area contributed by atoms with Crippen LogP contribution in [0.1, 0.15) is 45.1 Å². The van der Waals surface area contributed by atoms with Gasteiger partial charge in [0.25, 0.3) is 0 Å². The van der Waals surface area contributed by atoms with Gasteiger partial charge in [0, 0.05) is 11.1 Å². The van der Waals surface area contributed by atoms with E-state index < -0.39 is 5.60 Å². The number of carbonyl (C=O) groups excluding carboxylic acids is 1. The van der Waals surface area contributed by atoms with Crippen LogP contribution in [0, 0.1) is 6.92 Å². The smallest absolute Gasteiger partial charge is 0.339 e. The molecule has 4 aromatic carbocycles. The van der Waals surface area contributed by atoms with Crippen LogP contribution >= 0.6 is 0 Å². The van der Waals surface area contributed by atoms with Crippen molar-refractivity contribution in [3.05, 3.63) is 118 Å². The highest BCUT2D eigenvalue weighted by atomic mass is 16.6. The number of hydrogen-bond acceptors (Lipinski definition) is 2. The van der Waals surface area contributed by atoms with E-state index in [1.807, 2.05) is 49.4 Å². The van der Waals surface area contributed by atoms with Crippen LogP contribution in [-0.4, -0.2) is 5.97 Å². The van der Waals surface area contributed by atoms with Gasteiger partial charge in [0.05, 0.1) is 5.56 Å². The largest absolute Gasteiger partial charge is 0.446 e. The predicted octanol–water partition coefficient (Wildman–Crippen LogP) is 6.37. The highest BCUT2D eigenvalue weighted by Gasteiger charge is 2.38. The van der Waals surface area contributed by atoms with E-state index in [4.69, 9.17) is 4.74 Å². The molecule has 0 saturated heterocycles. The molecule has 4 aromatic rings. The summed E-state index contributed by atoms with van der Waals surface area (Å²) in [7, 11) is 0. The lowest BCUT2D eigenvalue weighted by molar-refractivity contribution is 0.00620. The first kappa shape index (κ1) is 18.6. The van der Waals surface area contributed by atoms with Gasteiger partial charge in [-0.15, -0.1) is 0 Å². The Morgan fingerprint density at radius 1 is 0.733 bits per heavy atom. The van der Waals surface area contributed by atoms with Crippen LogP contribution in [0.4, 0.5) is 0 Å². The van der Waals surface area contributed by atoms with Gasteiger partial charge >= 0.3 is 5.97 Å². The molecule has 30 heavy (non-hydrogen) atoms. The van der Waals surface area contributed by atoms with Crippen LogP contribution in [0.2, 0.25) is 0 Å². The molecule has 1 aliphatic rings. The molecule has 0 radical (unpaired) electrons. The fourth-order valence-corrected chi connectivity index (χ4v) is 4.80. The summed E-state index contributed by atoms with van der Waals surface area (Å²) in [6, 6.07) is 28.6. The van der Waals surface area contributed by atoms with E-state index in [1.54, 1.807) is 0 Å². The fraction of sp³-hybridized carbons (Fsp3) is 0.179. The standard InChI is InChI=1S/C28H24O2/c1-19-15-18-24(23-12-6-5-11-22(19)23)27(29)30-28(2)25-13-7-3-9-20(25)16-17-21-10-4-8-14-26(21)28/h3-15,18H,16-17H2,1-2H3. The Morgan fingerprint density at radius 3 is 1.90 bits per heavy atom. The van der Waals surface area contributed by atoms with E-state index in [2.05, 4.69) is 49.4 Å². The van der Waals surface area contributed by atoms with Gasteiger partial charge in [-0.25, -0.2) is 4.79 Å². The van der Waals surface area contributed by atoms with Gasteiger partial charge in [0.1, 0.15) is 0 Å². The number of benzene rings is 4. The highest BCUT2D eigenvalue weighted by molar-refractivity contribution is 6.05. The average Bonchev–Trinajstić information content (AvgIpc) is 2.89. The Hall–Kier alpha value is -3.39. The summed E-state index contributed by atoms with van der Waals surface area (Å²) in [6.45, 7) is 4.10. The number of hydrogen-bond donors (Lipinski definition) is 0. The van der Waals surface area contributed by atoms with Gasteiger partial charge in [-0.3, -0.25) is 0 Å². The summed E-state index contributed by atoms with van der Waals surface area (Å²) < 4.78 is 6.41. The zero-order valence-corrected chi connectivity index (χ0v) is 17.3. The van der Waals surface area contributed by atoms with E-state index in [1.165, 1.54) is 11.1 Å². The predicted molar refractivity (Wildman–Crippen MR) is 121 cm³/mol. The van der Waals surface area contributed by atoms with Gasteiger partial charge in [-0.05, 0) is 60.2 Å². The van der Waals surface area contributed by atoms with Gasteiger partial charge in [-0.2, -0.15) is 0 Å². The van der Waals surface area contributed by atoms with E-state index >= 15 is 0 Å². The van der Waals surface area contributed by atoms with Gasteiger partial charge in [0.2, 0.25) is 0 Å². The topological polar surface area (TPSA) is 26.3 Å². The number of fused-ring (bicyclic) bond motifs is 3. The molecule has 0 aliphatic heterocycles. The monoisotopic (exact) mass is 392 g/mol. The third kappa shape index (κ3) is 2.91. The van der Waals surface area contributed by atoms with Crippen LogP contribution in [0.5, 0.6) is 0 Å². The van der Waals surface area contributed by atoms with Crippen LogP contribution in [0.15, 0.2) is 84.9 Å². The van der Waals surface area contributed by atoms with Crippen LogP contribution in [0.3, 0.4) is 0 Å². The minimum atomic E-state index is -0.841. The lowest BCUT2D eigenvalue weighted by atomic mass is 9.84. The molecule has 5 rings (SSSR count). The van der Waals surface area contributed by atoms with E-state index in [0.717, 1.165) is 40.3 Å². The molecule has 0 saturated carbocycles. The number of carbonyl (C=O) groups is 1. The van der Waals surface area contributed by atoms with Crippen molar-refractivity contribution >= 4 is 16.7 Å². The van der Waals surface area contributed by atoms with Crippen molar-refractivity contribution in [2.75, 3.05) is 0 Å². The summed E-state index contributed by atoms with van der Waals surface area (Å²) in [5.74, 6) is -0.291. The van der Waals surface area contributed by atoms with Crippen molar-refractivity contribution in [3.8, 4) is 0 Å². The third-order valence-corrected chi connectivity index (χ3v) is 6.39. The molecule has 0 amide bonds. The number of esters is 1. The number of ether oxygens (including phenoxy) is 1. The molecule has 0 atom stereocenters. The molecule has 2 nitrogen and oxygen atoms in total. The Labute approximate surface area is 177 Å². The van der Waals surface area contributed by atoms with E-state index in [9.17, 15) is 4.79 Å². The maximum Gasteiger partial charge on any atom is 0.339 e. The maximum absolute atomic E-state index is 13.6. The lowest BCUT2D eigenvalue weighted by Gasteiger charge is -2.32. The fourth-order valence-electron chi connectivity index (χ4n) is 4.80. The van der Waals surface area contributed by atoms with Gasteiger partial charge < -0.3 is 4.74 Å². The van der Waals surface area contributed by atoms with Crippen molar-refractivity contribution in [3.63, 3.8) is 0 Å². The molecule has 0 heterocycles. The molecule has 2 heteroatoms. The zero-order valence-electron chi connectivity index (χ0n) is 17.3. The second kappa shape index (κ2) is 7.14. The second-order valence-corrected chi connectivity index (χ2v) is 8.21. The summed E-state index contributed by atoms with van der Waals surface area (Å²) >= 11 is 0. The zero-order chi connectivity index (χ0) is 20.7. The first-order valence-corrected chi connectivity index (χ1v) is 10.5. The molecule has 1 aliphatic carbocycles. The van der Waals surface area contributed by atoms with Crippen molar-refractivity contribution in [2.24, 2.45) is 0 Å². The van der Waals surface area contributed by atoms with E-state index in [-0.39, 0.29) is 5.97 Å². The van der Waals surface area contributed by atoms with Crippen molar-refractivity contribution in [1.29, 1.82) is 0 Å². The van der Waals surface area contributed by atoms with Crippen molar-refractivity contribution in [2.45, 2.75) is 32.3 Å². The minimum Gasteiger partial charge on any atom is -0.446 e.